The van der Waals surface area contributed by atoms with Crippen molar-refractivity contribution in [3.63, 3.8) is 0 Å². The van der Waals surface area contributed by atoms with E-state index in [1.165, 1.54) is 12.2 Å². The van der Waals surface area contributed by atoms with E-state index < -0.39 is 5.50 Å². The number of alkyl halides is 1. The smallest absolute Gasteiger partial charge is 0.254 e. The highest BCUT2D eigenvalue weighted by molar-refractivity contribution is 6.25. The molecule has 1 aliphatic heterocycles. The molecule has 1 atom stereocenters. The molecular weight excluding hydrogens is 190 g/mol. The SMILES string of the molecule is CCCCC(Cl)N1C(=O)C=CC1=O. The lowest BCUT2D eigenvalue weighted by atomic mass is 10.2. The molecule has 72 valence electrons. The lowest BCUT2D eigenvalue weighted by Gasteiger charge is -2.19. The molecule has 1 unspecified atom stereocenters. The Balaban J connectivity index is 2.51. The van der Waals surface area contributed by atoms with Crippen LogP contribution in [0.1, 0.15) is 26.2 Å². The minimum atomic E-state index is -0.491. The van der Waals surface area contributed by atoms with E-state index in [4.69, 9.17) is 11.6 Å². The summed E-state index contributed by atoms with van der Waals surface area (Å²) in [5.74, 6) is -0.609. The van der Waals surface area contributed by atoms with E-state index in [-0.39, 0.29) is 11.8 Å². The third kappa shape index (κ3) is 2.31. The number of rotatable bonds is 4. The molecule has 0 radical (unpaired) electrons. The molecule has 0 N–H and O–H groups in total. The first kappa shape index (κ1) is 10.3. The average Bonchev–Trinajstić information content (AvgIpc) is 2.42. The highest BCUT2D eigenvalue weighted by Crippen LogP contribution is 2.17. The molecule has 0 aromatic carbocycles. The van der Waals surface area contributed by atoms with Crippen molar-refractivity contribution in [2.45, 2.75) is 31.7 Å². The van der Waals surface area contributed by atoms with Gasteiger partial charge in [-0.3, -0.25) is 14.5 Å². The van der Waals surface area contributed by atoms with E-state index in [0.717, 1.165) is 17.7 Å². The first-order chi connectivity index (χ1) is 6.16. The highest BCUT2D eigenvalue weighted by Gasteiger charge is 2.29. The summed E-state index contributed by atoms with van der Waals surface area (Å²) in [6, 6.07) is 0. The van der Waals surface area contributed by atoms with Crippen LogP contribution in [-0.2, 0) is 9.59 Å². The van der Waals surface area contributed by atoms with Gasteiger partial charge in [0.05, 0.1) is 0 Å². The van der Waals surface area contributed by atoms with Crippen LogP contribution in [-0.4, -0.2) is 22.2 Å². The van der Waals surface area contributed by atoms with Crippen LogP contribution in [0.2, 0.25) is 0 Å². The third-order valence-corrected chi connectivity index (χ3v) is 2.33. The van der Waals surface area contributed by atoms with Gasteiger partial charge < -0.3 is 0 Å². The molecule has 0 aliphatic carbocycles. The van der Waals surface area contributed by atoms with Crippen LogP contribution < -0.4 is 0 Å². The van der Waals surface area contributed by atoms with Crippen molar-refractivity contribution in [1.29, 1.82) is 0 Å². The zero-order chi connectivity index (χ0) is 9.84. The van der Waals surface area contributed by atoms with Gasteiger partial charge in [0.25, 0.3) is 11.8 Å². The van der Waals surface area contributed by atoms with Crippen LogP contribution >= 0.6 is 11.6 Å². The van der Waals surface area contributed by atoms with Crippen molar-refractivity contribution >= 4 is 23.4 Å². The van der Waals surface area contributed by atoms with Gasteiger partial charge in [0.2, 0.25) is 0 Å². The predicted molar refractivity (Wildman–Crippen MR) is 50.2 cm³/mol. The molecule has 13 heavy (non-hydrogen) atoms. The predicted octanol–water partition coefficient (Wildman–Crippen LogP) is 1.67. The Kier molecular flexibility index (Phi) is 3.48. The zero-order valence-electron chi connectivity index (χ0n) is 7.50. The molecule has 0 fully saturated rings. The van der Waals surface area contributed by atoms with Crippen LogP contribution in [0.25, 0.3) is 0 Å². The molecule has 4 heteroatoms. The number of hydrogen-bond donors (Lipinski definition) is 0. The molecule has 1 aliphatic rings. The maximum absolute atomic E-state index is 11.1. The Morgan fingerprint density at radius 1 is 1.38 bits per heavy atom. The van der Waals surface area contributed by atoms with Gasteiger partial charge >= 0.3 is 0 Å². The molecule has 0 aromatic heterocycles. The normalized spacial score (nSPS) is 18.5. The quantitative estimate of drug-likeness (QED) is 0.394. The van der Waals surface area contributed by atoms with Crippen LogP contribution in [0.3, 0.4) is 0 Å². The summed E-state index contributed by atoms with van der Waals surface area (Å²) in [4.78, 5) is 23.3. The van der Waals surface area contributed by atoms with Gasteiger partial charge in [-0.1, -0.05) is 31.4 Å². The molecule has 0 bridgehead atoms. The number of imide groups is 1. The summed E-state index contributed by atoms with van der Waals surface area (Å²) < 4.78 is 0. The number of unbranched alkanes of at least 4 members (excludes halogenated alkanes) is 1. The molecule has 0 spiro atoms. The van der Waals surface area contributed by atoms with E-state index in [0.29, 0.717) is 6.42 Å². The molecule has 0 aromatic rings. The molecule has 1 rings (SSSR count). The second-order valence-corrected chi connectivity index (χ2v) is 3.46. The Bertz CT molecular complexity index is 232. The van der Waals surface area contributed by atoms with Crippen molar-refractivity contribution in [1.82, 2.24) is 4.90 Å². The number of nitrogens with zero attached hydrogens (tertiary/aromatic N) is 1. The van der Waals surface area contributed by atoms with Gasteiger partial charge in [-0.15, -0.1) is 0 Å². The summed E-state index contributed by atoms with van der Waals surface area (Å²) in [6.45, 7) is 2.04. The summed E-state index contributed by atoms with van der Waals surface area (Å²) in [5, 5.41) is 0. The number of halogens is 1. The number of carbonyl (C=O) groups excluding carboxylic acids is 2. The summed E-state index contributed by atoms with van der Waals surface area (Å²) in [7, 11) is 0. The van der Waals surface area contributed by atoms with Gasteiger partial charge in [-0.25, -0.2) is 0 Å². The summed E-state index contributed by atoms with van der Waals surface area (Å²) >= 11 is 5.90. The summed E-state index contributed by atoms with van der Waals surface area (Å²) in [5.41, 5.74) is -0.491. The standard InChI is InChI=1S/C9H12ClNO2/c1-2-3-4-7(10)11-8(12)5-6-9(11)13/h5-7H,2-4H2,1H3. The third-order valence-electron chi connectivity index (χ3n) is 1.92. The fourth-order valence-corrected chi connectivity index (χ4v) is 1.54. The van der Waals surface area contributed by atoms with Gasteiger partial charge in [0.1, 0.15) is 5.50 Å². The Morgan fingerprint density at radius 3 is 2.38 bits per heavy atom. The minimum Gasteiger partial charge on any atom is -0.269 e. The van der Waals surface area contributed by atoms with Gasteiger partial charge in [-0.2, -0.15) is 0 Å². The van der Waals surface area contributed by atoms with Crippen molar-refractivity contribution in [2.24, 2.45) is 0 Å². The Hall–Kier alpha value is -0.830. The maximum atomic E-state index is 11.1. The van der Waals surface area contributed by atoms with Crippen LogP contribution in [0.4, 0.5) is 0 Å². The maximum Gasteiger partial charge on any atom is 0.254 e. The van der Waals surface area contributed by atoms with E-state index in [9.17, 15) is 9.59 Å². The second-order valence-electron chi connectivity index (χ2n) is 2.96. The monoisotopic (exact) mass is 201 g/mol. The van der Waals surface area contributed by atoms with Gasteiger partial charge in [-0.05, 0) is 6.42 Å². The zero-order valence-corrected chi connectivity index (χ0v) is 8.25. The molecule has 0 saturated carbocycles. The van der Waals surface area contributed by atoms with Crippen molar-refractivity contribution in [3.8, 4) is 0 Å². The lowest BCUT2D eigenvalue weighted by molar-refractivity contribution is -0.137. The van der Waals surface area contributed by atoms with Crippen molar-refractivity contribution < 1.29 is 9.59 Å². The molecular formula is C9H12ClNO2. The first-order valence-electron chi connectivity index (χ1n) is 4.36. The van der Waals surface area contributed by atoms with Crippen LogP contribution in [0.5, 0.6) is 0 Å². The molecule has 0 saturated heterocycles. The van der Waals surface area contributed by atoms with Gasteiger partial charge in [0, 0.05) is 12.2 Å². The van der Waals surface area contributed by atoms with E-state index >= 15 is 0 Å². The van der Waals surface area contributed by atoms with E-state index in [1.54, 1.807) is 0 Å². The van der Waals surface area contributed by atoms with Crippen LogP contribution in [0, 0.1) is 0 Å². The number of hydrogen-bond acceptors (Lipinski definition) is 2. The first-order valence-corrected chi connectivity index (χ1v) is 4.79. The van der Waals surface area contributed by atoms with Crippen molar-refractivity contribution in [2.75, 3.05) is 0 Å². The Labute approximate surface area is 82.3 Å². The van der Waals surface area contributed by atoms with E-state index in [2.05, 4.69) is 0 Å². The highest BCUT2D eigenvalue weighted by atomic mass is 35.5. The fraction of sp³-hybridized carbons (Fsp3) is 0.556. The topological polar surface area (TPSA) is 37.4 Å². The summed E-state index contributed by atoms with van der Waals surface area (Å²) in [6.07, 6.45) is 5.10. The number of amides is 2. The Morgan fingerprint density at radius 2 is 1.92 bits per heavy atom. The van der Waals surface area contributed by atoms with Gasteiger partial charge in [0.15, 0.2) is 0 Å². The second kappa shape index (κ2) is 4.42. The molecule has 3 nitrogen and oxygen atoms in total. The lowest BCUT2D eigenvalue weighted by Crippen LogP contribution is -2.36. The molecule has 1 heterocycles. The fourth-order valence-electron chi connectivity index (χ4n) is 1.19. The van der Waals surface area contributed by atoms with Crippen molar-refractivity contribution in [3.05, 3.63) is 12.2 Å². The average molecular weight is 202 g/mol. The minimum absolute atomic E-state index is 0.305. The number of carbonyl (C=O) groups is 2. The largest absolute Gasteiger partial charge is 0.269 e. The van der Waals surface area contributed by atoms with E-state index in [1.807, 2.05) is 6.92 Å². The molecule has 2 amide bonds. The van der Waals surface area contributed by atoms with Crippen LogP contribution in [0.15, 0.2) is 12.2 Å².